The molecule has 2 heterocycles. The quantitative estimate of drug-likeness (QED) is 0.945. The van der Waals surface area contributed by atoms with Crippen molar-refractivity contribution in [2.24, 2.45) is 5.92 Å². The van der Waals surface area contributed by atoms with Gasteiger partial charge in [0.1, 0.15) is 11.4 Å². The number of halogens is 3. The van der Waals surface area contributed by atoms with Crippen LogP contribution in [0.1, 0.15) is 18.5 Å². The van der Waals surface area contributed by atoms with Gasteiger partial charge in [0, 0.05) is 11.6 Å². The van der Waals surface area contributed by atoms with Gasteiger partial charge in [-0.2, -0.15) is 13.2 Å². The summed E-state index contributed by atoms with van der Waals surface area (Å²) < 4.78 is 43.6. The minimum absolute atomic E-state index is 0.0339. The highest BCUT2D eigenvalue weighted by Crippen LogP contribution is 2.34. The number of oxazole rings is 1. The van der Waals surface area contributed by atoms with Crippen molar-refractivity contribution >= 4 is 11.6 Å². The maximum atomic E-state index is 12.9. The lowest BCUT2D eigenvalue weighted by atomic mass is 10.2. The highest BCUT2D eigenvalue weighted by molar-refractivity contribution is 5.94. The molecule has 0 aliphatic heterocycles. The second kappa shape index (κ2) is 4.87. The molecule has 1 amide bonds. The summed E-state index contributed by atoms with van der Waals surface area (Å²) in [7, 11) is 0. The Morgan fingerprint density at radius 1 is 1.33 bits per heavy atom. The number of amides is 1. The van der Waals surface area contributed by atoms with Gasteiger partial charge in [-0.1, -0.05) is 0 Å². The molecule has 2 aromatic rings. The van der Waals surface area contributed by atoms with Crippen molar-refractivity contribution in [3.8, 4) is 11.5 Å². The van der Waals surface area contributed by atoms with Gasteiger partial charge in [0.2, 0.25) is 5.91 Å². The lowest BCUT2D eigenvalue weighted by Crippen LogP contribution is -2.15. The molecule has 2 aromatic heterocycles. The van der Waals surface area contributed by atoms with E-state index >= 15 is 0 Å². The summed E-state index contributed by atoms with van der Waals surface area (Å²) >= 11 is 0. The molecule has 3 rings (SSSR count). The molecule has 1 N–H and O–H groups in total. The first-order chi connectivity index (χ1) is 9.93. The molecule has 1 aliphatic rings. The van der Waals surface area contributed by atoms with E-state index in [0.717, 1.165) is 25.3 Å². The van der Waals surface area contributed by atoms with E-state index in [1.165, 1.54) is 12.3 Å². The zero-order valence-corrected chi connectivity index (χ0v) is 10.6. The van der Waals surface area contributed by atoms with Crippen molar-refractivity contribution in [3.05, 3.63) is 30.4 Å². The SMILES string of the molecule is O=C(Nc1cc(-c2cnco2)nc(C(F)(F)F)c1)C1CC1. The van der Waals surface area contributed by atoms with Gasteiger partial charge in [-0.15, -0.1) is 0 Å². The fraction of sp³-hybridized carbons (Fsp3) is 0.308. The van der Waals surface area contributed by atoms with E-state index in [1.807, 2.05) is 0 Å². The summed E-state index contributed by atoms with van der Waals surface area (Å²) in [4.78, 5) is 18.8. The van der Waals surface area contributed by atoms with Crippen molar-refractivity contribution in [2.75, 3.05) is 5.32 Å². The molecule has 1 aliphatic carbocycles. The van der Waals surface area contributed by atoms with Crippen molar-refractivity contribution in [1.82, 2.24) is 9.97 Å². The Kier molecular flexibility index (Phi) is 3.15. The molecule has 1 saturated carbocycles. The molecule has 0 saturated heterocycles. The predicted octanol–water partition coefficient (Wildman–Crippen LogP) is 3.10. The van der Waals surface area contributed by atoms with Crippen molar-refractivity contribution < 1.29 is 22.4 Å². The third-order valence-corrected chi connectivity index (χ3v) is 3.02. The van der Waals surface area contributed by atoms with Crippen LogP contribution in [-0.2, 0) is 11.0 Å². The first-order valence-corrected chi connectivity index (χ1v) is 6.22. The van der Waals surface area contributed by atoms with E-state index in [9.17, 15) is 18.0 Å². The molecule has 5 nitrogen and oxygen atoms in total. The molecule has 0 aromatic carbocycles. The predicted molar refractivity (Wildman–Crippen MR) is 66.1 cm³/mol. The fourth-order valence-corrected chi connectivity index (χ4v) is 1.81. The van der Waals surface area contributed by atoms with Crippen molar-refractivity contribution in [1.29, 1.82) is 0 Å². The molecule has 0 unspecified atom stereocenters. The Morgan fingerprint density at radius 2 is 2.10 bits per heavy atom. The highest BCUT2D eigenvalue weighted by atomic mass is 19.4. The number of nitrogens with zero attached hydrogens (tertiary/aromatic N) is 2. The van der Waals surface area contributed by atoms with E-state index in [-0.39, 0.29) is 29.0 Å². The molecule has 0 bridgehead atoms. The highest BCUT2D eigenvalue weighted by Gasteiger charge is 2.34. The molecule has 1 fully saturated rings. The summed E-state index contributed by atoms with van der Waals surface area (Å²) in [6, 6.07) is 2.14. The van der Waals surface area contributed by atoms with Crippen LogP contribution in [0, 0.1) is 5.92 Å². The summed E-state index contributed by atoms with van der Waals surface area (Å²) in [5, 5.41) is 2.48. The molecular weight excluding hydrogens is 287 g/mol. The van der Waals surface area contributed by atoms with Gasteiger partial charge in [0.25, 0.3) is 0 Å². The van der Waals surface area contributed by atoms with Gasteiger partial charge in [0.05, 0.1) is 6.20 Å². The Balaban J connectivity index is 1.98. The number of aromatic nitrogens is 2. The van der Waals surface area contributed by atoms with Gasteiger partial charge >= 0.3 is 6.18 Å². The third kappa shape index (κ3) is 3.04. The maximum Gasteiger partial charge on any atom is 0.433 e. The second-order valence-electron chi connectivity index (χ2n) is 4.75. The summed E-state index contributed by atoms with van der Waals surface area (Å²) in [6.07, 6.45) is -0.736. The zero-order valence-electron chi connectivity index (χ0n) is 10.6. The van der Waals surface area contributed by atoms with Crippen LogP contribution in [0.5, 0.6) is 0 Å². The fourth-order valence-electron chi connectivity index (χ4n) is 1.81. The molecular formula is C13H10F3N3O2. The van der Waals surface area contributed by atoms with Crippen LogP contribution in [-0.4, -0.2) is 15.9 Å². The zero-order chi connectivity index (χ0) is 15.0. The summed E-state index contributed by atoms with van der Waals surface area (Å²) in [5.41, 5.74) is -1.09. The number of nitrogens with one attached hydrogen (secondary N) is 1. The second-order valence-corrected chi connectivity index (χ2v) is 4.75. The summed E-state index contributed by atoms with van der Waals surface area (Å²) in [5.74, 6) is -0.290. The lowest BCUT2D eigenvalue weighted by molar-refractivity contribution is -0.141. The average Bonchev–Trinajstić information content (AvgIpc) is 3.13. The molecule has 8 heteroatoms. The van der Waals surface area contributed by atoms with Gasteiger partial charge < -0.3 is 9.73 Å². The number of anilines is 1. The monoisotopic (exact) mass is 297 g/mol. The van der Waals surface area contributed by atoms with Gasteiger partial charge in [-0.25, -0.2) is 9.97 Å². The van der Waals surface area contributed by atoms with Crippen LogP contribution < -0.4 is 5.32 Å². The third-order valence-electron chi connectivity index (χ3n) is 3.02. The van der Waals surface area contributed by atoms with Crippen LogP contribution in [0.25, 0.3) is 11.5 Å². The standard InChI is InChI=1S/C13H10F3N3O2/c14-13(15,16)11-4-8(18-12(20)7-1-2-7)3-9(19-11)10-5-17-6-21-10/h3-7H,1-2H2,(H,18,19,20). The topological polar surface area (TPSA) is 68.0 Å². The number of carbonyl (C=O) groups is 1. The molecule has 110 valence electrons. The van der Waals surface area contributed by atoms with Crippen LogP contribution >= 0.6 is 0 Å². The Labute approximate surface area is 117 Å². The number of hydrogen-bond acceptors (Lipinski definition) is 4. The van der Waals surface area contributed by atoms with Gasteiger partial charge in [-0.05, 0) is 25.0 Å². The van der Waals surface area contributed by atoms with Gasteiger partial charge in [0.15, 0.2) is 12.2 Å². The van der Waals surface area contributed by atoms with Crippen LogP contribution in [0.15, 0.2) is 29.1 Å². The van der Waals surface area contributed by atoms with E-state index in [1.54, 1.807) is 0 Å². The molecule has 21 heavy (non-hydrogen) atoms. The van der Waals surface area contributed by atoms with Crippen LogP contribution in [0.4, 0.5) is 18.9 Å². The van der Waals surface area contributed by atoms with Crippen LogP contribution in [0.2, 0.25) is 0 Å². The normalized spacial score (nSPS) is 15.0. The van der Waals surface area contributed by atoms with E-state index in [4.69, 9.17) is 4.42 Å². The number of pyridine rings is 1. The Bertz CT molecular complexity index is 664. The Morgan fingerprint density at radius 3 is 2.67 bits per heavy atom. The van der Waals surface area contributed by atoms with E-state index < -0.39 is 11.9 Å². The molecule has 0 atom stereocenters. The Hall–Kier alpha value is -2.38. The lowest BCUT2D eigenvalue weighted by Gasteiger charge is -2.11. The first-order valence-electron chi connectivity index (χ1n) is 6.22. The van der Waals surface area contributed by atoms with Crippen molar-refractivity contribution in [3.63, 3.8) is 0 Å². The number of rotatable bonds is 3. The molecule has 0 spiro atoms. The van der Waals surface area contributed by atoms with E-state index in [0.29, 0.717) is 0 Å². The minimum atomic E-state index is -4.62. The average molecular weight is 297 g/mol. The first kappa shape index (κ1) is 13.6. The smallest absolute Gasteiger partial charge is 0.433 e. The minimum Gasteiger partial charge on any atom is -0.442 e. The van der Waals surface area contributed by atoms with Crippen molar-refractivity contribution in [2.45, 2.75) is 19.0 Å². The molecule has 0 radical (unpaired) electrons. The van der Waals surface area contributed by atoms with E-state index in [2.05, 4.69) is 15.3 Å². The number of carbonyl (C=O) groups excluding carboxylic acids is 1. The number of hydrogen-bond donors (Lipinski definition) is 1. The van der Waals surface area contributed by atoms with Gasteiger partial charge in [-0.3, -0.25) is 4.79 Å². The summed E-state index contributed by atoms with van der Waals surface area (Å²) in [6.45, 7) is 0. The number of alkyl halides is 3. The van der Waals surface area contributed by atoms with Crippen LogP contribution in [0.3, 0.4) is 0 Å². The largest absolute Gasteiger partial charge is 0.442 e. The maximum absolute atomic E-state index is 12.9.